The Labute approximate surface area is 120 Å². The second kappa shape index (κ2) is 8.25. The summed E-state index contributed by atoms with van der Waals surface area (Å²) >= 11 is 0. The Morgan fingerprint density at radius 2 is 1.84 bits per heavy atom. The summed E-state index contributed by atoms with van der Waals surface area (Å²) in [5, 5.41) is 3.34. The Morgan fingerprint density at radius 3 is 2.37 bits per heavy atom. The molecular formula is C14H22ClNO3. The van der Waals surface area contributed by atoms with Crippen LogP contribution in [0.4, 0.5) is 0 Å². The molecule has 0 radical (unpaired) electrons. The van der Waals surface area contributed by atoms with E-state index in [9.17, 15) is 0 Å². The molecule has 1 aliphatic rings. The molecule has 19 heavy (non-hydrogen) atoms. The summed E-state index contributed by atoms with van der Waals surface area (Å²) in [4.78, 5) is 0. The van der Waals surface area contributed by atoms with E-state index in [2.05, 4.69) is 5.32 Å². The van der Waals surface area contributed by atoms with Gasteiger partial charge in [0, 0.05) is 12.6 Å². The molecule has 0 aliphatic carbocycles. The van der Waals surface area contributed by atoms with Crippen LogP contribution in [0.15, 0.2) is 18.2 Å². The number of benzene rings is 1. The molecule has 0 amide bonds. The van der Waals surface area contributed by atoms with Gasteiger partial charge in [-0.05, 0) is 37.1 Å². The highest BCUT2D eigenvalue weighted by atomic mass is 35.5. The molecule has 1 atom stereocenters. The van der Waals surface area contributed by atoms with Gasteiger partial charge in [-0.3, -0.25) is 0 Å². The summed E-state index contributed by atoms with van der Waals surface area (Å²) in [7, 11) is 3.31. The highest BCUT2D eigenvalue weighted by Gasteiger charge is 2.13. The van der Waals surface area contributed by atoms with Crippen molar-refractivity contribution in [2.75, 3.05) is 27.3 Å². The minimum atomic E-state index is 0. The van der Waals surface area contributed by atoms with Crippen molar-refractivity contribution in [2.45, 2.75) is 25.6 Å². The molecule has 5 heteroatoms. The quantitative estimate of drug-likeness (QED) is 0.903. The van der Waals surface area contributed by atoms with E-state index in [0.29, 0.717) is 12.7 Å². The molecule has 2 rings (SSSR count). The fourth-order valence-electron chi connectivity index (χ4n) is 2.13. The van der Waals surface area contributed by atoms with E-state index in [4.69, 9.17) is 14.2 Å². The summed E-state index contributed by atoms with van der Waals surface area (Å²) in [6, 6.07) is 5.84. The zero-order chi connectivity index (χ0) is 12.8. The zero-order valence-electron chi connectivity index (χ0n) is 11.5. The van der Waals surface area contributed by atoms with Crippen LogP contribution >= 0.6 is 12.4 Å². The first kappa shape index (κ1) is 16.1. The van der Waals surface area contributed by atoms with Crippen molar-refractivity contribution < 1.29 is 14.2 Å². The molecular weight excluding hydrogens is 266 g/mol. The van der Waals surface area contributed by atoms with E-state index in [1.54, 1.807) is 14.2 Å². The van der Waals surface area contributed by atoms with Crippen LogP contribution in [0.3, 0.4) is 0 Å². The van der Waals surface area contributed by atoms with Gasteiger partial charge in [0.15, 0.2) is 0 Å². The first-order chi connectivity index (χ1) is 8.81. The van der Waals surface area contributed by atoms with Crippen LogP contribution in [-0.4, -0.2) is 33.4 Å². The molecule has 1 heterocycles. The van der Waals surface area contributed by atoms with Crippen LogP contribution in [0.25, 0.3) is 0 Å². The lowest BCUT2D eigenvalue weighted by Crippen LogP contribution is -2.35. The molecule has 1 aromatic carbocycles. The fraction of sp³-hybridized carbons (Fsp3) is 0.571. The van der Waals surface area contributed by atoms with Gasteiger partial charge in [-0.2, -0.15) is 0 Å². The number of rotatable bonds is 5. The van der Waals surface area contributed by atoms with Crippen molar-refractivity contribution >= 4 is 12.4 Å². The molecule has 4 nitrogen and oxygen atoms in total. The van der Waals surface area contributed by atoms with Gasteiger partial charge in [0.25, 0.3) is 0 Å². The lowest BCUT2D eigenvalue weighted by molar-refractivity contribution is 0.0251. The Balaban J connectivity index is 0.00000180. The number of nitrogens with one attached hydrogen (secondary N) is 1. The maximum absolute atomic E-state index is 5.89. The molecule has 1 N–H and O–H groups in total. The zero-order valence-corrected chi connectivity index (χ0v) is 12.3. The Kier molecular flexibility index (Phi) is 6.99. The van der Waals surface area contributed by atoms with Crippen LogP contribution in [0.1, 0.15) is 18.4 Å². The Bertz CT molecular complexity index is 359. The van der Waals surface area contributed by atoms with Crippen molar-refractivity contribution in [1.82, 2.24) is 5.32 Å². The first-order valence-corrected chi connectivity index (χ1v) is 6.36. The fourth-order valence-corrected chi connectivity index (χ4v) is 2.13. The standard InChI is InChI=1S/C14H21NO3.ClH/c1-16-13-6-11(7-14(8-13)17-2)10-18-12-4-3-5-15-9-12;/h6-8,12,15H,3-5,9-10H2,1-2H3;1H. The van der Waals surface area contributed by atoms with E-state index in [1.165, 1.54) is 6.42 Å². The van der Waals surface area contributed by atoms with Gasteiger partial charge in [0.1, 0.15) is 11.5 Å². The molecule has 1 aliphatic heterocycles. The van der Waals surface area contributed by atoms with Crippen LogP contribution in [0.5, 0.6) is 11.5 Å². The number of hydrogen-bond donors (Lipinski definition) is 1. The highest BCUT2D eigenvalue weighted by Crippen LogP contribution is 2.23. The van der Waals surface area contributed by atoms with Gasteiger partial charge < -0.3 is 19.5 Å². The second-order valence-electron chi connectivity index (χ2n) is 4.50. The first-order valence-electron chi connectivity index (χ1n) is 6.36. The topological polar surface area (TPSA) is 39.7 Å². The van der Waals surface area contributed by atoms with Crippen molar-refractivity contribution in [1.29, 1.82) is 0 Å². The summed E-state index contributed by atoms with van der Waals surface area (Å²) in [5.41, 5.74) is 1.08. The summed E-state index contributed by atoms with van der Waals surface area (Å²) in [5.74, 6) is 1.60. The predicted octanol–water partition coefficient (Wildman–Crippen LogP) is 2.39. The van der Waals surface area contributed by atoms with Gasteiger partial charge in [-0.1, -0.05) is 0 Å². The number of ether oxygens (including phenoxy) is 3. The molecule has 1 aromatic rings. The normalized spacial score (nSPS) is 18.5. The molecule has 0 aromatic heterocycles. The van der Waals surface area contributed by atoms with Crippen molar-refractivity contribution in [2.24, 2.45) is 0 Å². The second-order valence-corrected chi connectivity index (χ2v) is 4.50. The molecule has 0 saturated carbocycles. The third-order valence-corrected chi connectivity index (χ3v) is 3.15. The van der Waals surface area contributed by atoms with E-state index in [-0.39, 0.29) is 12.4 Å². The highest BCUT2D eigenvalue weighted by molar-refractivity contribution is 5.85. The maximum atomic E-state index is 5.89. The monoisotopic (exact) mass is 287 g/mol. The van der Waals surface area contributed by atoms with Gasteiger partial charge in [0.05, 0.1) is 26.9 Å². The number of methoxy groups -OCH3 is 2. The maximum Gasteiger partial charge on any atom is 0.122 e. The smallest absolute Gasteiger partial charge is 0.122 e. The average molecular weight is 288 g/mol. The van der Waals surface area contributed by atoms with E-state index in [1.807, 2.05) is 18.2 Å². The van der Waals surface area contributed by atoms with Crippen molar-refractivity contribution in [3.63, 3.8) is 0 Å². The lowest BCUT2D eigenvalue weighted by atomic mass is 10.1. The van der Waals surface area contributed by atoms with Gasteiger partial charge in [-0.15, -0.1) is 12.4 Å². The molecule has 0 bridgehead atoms. The van der Waals surface area contributed by atoms with E-state index < -0.39 is 0 Å². The minimum Gasteiger partial charge on any atom is -0.497 e. The Hall–Kier alpha value is -0.970. The van der Waals surface area contributed by atoms with Gasteiger partial charge >= 0.3 is 0 Å². The van der Waals surface area contributed by atoms with Gasteiger partial charge in [0.2, 0.25) is 0 Å². The van der Waals surface area contributed by atoms with Gasteiger partial charge in [-0.25, -0.2) is 0 Å². The third kappa shape index (κ3) is 4.90. The van der Waals surface area contributed by atoms with E-state index in [0.717, 1.165) is 36.6 Å². The summed E-state index contributed by atoms with van der Waals surface area (Å²) in [6.07, 6.45) is 2.64. The largest absolute Gasteiger partial charge is 0.497 e. The minimum absolute atomic E-state index is 0. The molecule has 1 unspecified atom stereocenters. The van der Waals surface area contributed by atoms with Crippen LogP contribution in [0, 0.1) is 0 Å². The number of halogens is 1. The van der Waals surface area contributed by atoms with E-state index >= 15 is 0 Å². The molecule has 1 fully saturated rings. The predicted molar refractivity (Wildman–Crippen MR) is 77.5 cm³/mol. The molecule has 108 valence electrons. The number of piperidine rings is 1. The average Bonchev–Trinajstić information content (AvgIpc) is 2.45. The molecule has 1 saturated heterocycles. The van der Waals surface area contributed by atoms with Crippen LogP contribution in [0.2, 0.25) is 0 Å². The van der Waals surface area contributed by atoms with Crippen molar-refractivity contribution in [3.8, 4) is 11.5 Å². The summed E-state index contributed by atoms with van der Waals surface area (Å²) < 4.78 is 16.4. The third-order valence-electron chi connectivity index (χ3n) is 3.15. The Morgan fingerprint density at radius 1 is 1.16 bits per heavy atom. The summed E-state index contributed by atoms with van der Waals surface area (Å²) in [6.45, 7) is 2.65. The lowest BCUT2D eigenvalue weighted by Gasteiger charge is -2.23. The number of hydrogen-bond acceptors (Lipinski definition) is 4. The van der Waals surface area contributed by atoms with Crippen LogP contribution in [-0.2, 0) is 11.3 Å². The SMILES string of the molecule is COc1cc(COC2CCCNC2)cc(OC)c1.Cl. The molecule has 0 spiro atoms. The van der Waals surface area contributed by atoms with Crippen molar-refractivity contribution in [3.05, 3.63) is 23.8 Å². The van der Waals surface area contributed by atoms with Crippen LogP contribution < -0.4 is 14.8 Å².